The summed E-state index contributed by atoms with van der Waals surface area (Å²) < 4.78 is 1.17. The van der Waals surface area contributed by atoms with E-state index in [1.165, 1.54) is 10.7 Å². The maximum atomic E-state index is 12.1. The van der Waals surface area contributed by atoms with E-state index in [1.54, 1.807) is 18.2 Å². The first kappa shape index (κ1) is 17.9. The Bertz CT molecular complexity index is 937. The molecular formula is C20H18ClN3O2. The lowest BCUT2D eigenvalue weighted by molar-refractivity contribution is -0.121. The zero-order valence-electron chi connectivity index (χ0n) is 14.1. The van der Waals surface area contributed by atoms with Crippen LogP contribution < -0.4 is 10.9 Å². The fourth-order valence-electron chi connectivity index (χ4n) is 2.52. The minimum Gasteiger partial charge on any atom is -0.354 e. The van der Waals surface area contributed by atoms with Gasteiger partial charge in [0.2, 0.25) is 5.91 Å². The summed E-state index contributed by atoms with van der Waals surface area (Å²) in [5, 5.41) is 7.72. The molecule has 5 nitrogen and oxygen atoms in total. The number of amides is 1. The number of carbonyl (C=O) groups is 1. The van der Waals surface area contributed by atoms with Crippen LogP contribution in [0.1, 0.15) is 5.56 Å². The minimum absolute atomic E-state index is 0.116. The number of hydrogen-bond donors (Lipinski definition) is 1. The highest BCUT2D eigenvalue weighted by Crippen LogP contribution is 2.18. The number of rotatable bonds is 6. The second kappa shape index (κ2) is 8.45. The van der Waals surface area contributed by atoms with Crippen LogP contribution in [0.25, 0.3) is 11.3 Å². The van der Waals surface area contributed by atoms with E-state index in [4.69, 9.17) is 11.6 Å². The number of benzene rings is 2. The minimum atomic E-state index is -0.319. The Hall–Kier alpha value is -2.92. The molecule has 2 aromatic carbocycles. The summed E-state index contributed by atoms with van der Waals surface area (Å²) in [7, 11) is 0. The molecule has 0 bridgehead atoms. The lowest BCUT2D eigenvalue weighted by atomic mass is 10.1. The first-order valence-electron chi connectivity index (χ1n) is 8.26. The Morgan fingerprint density at radius 2 is 1.73 bits per heavy atom. The zero-order chi connectivity index (χ0) is 18.4. The van der Waals surface area contributed by atoms with Crippen LogP contribution in [0.15, 0.2) is 71.5 Å². The number of carbonyl (C=O) groups excluding carboxylic acids is 1. The normalized spacial score (nSPS) is 10.5. The maximum absolute atomic E-state index is 12.1. The molecule has 0 aliphatic carbocycles. The van der Waals surface area contributed by atoms with Crippen LogP contribution in [0.3, 0.4) is 0 Å². The van der Waals surface area contributed by atoms with Gasteiger partial charge in [-0.15, -0.1) is 0 Å². The molecule has 1 heterocycles. The summed E-state index contributed by atoms with van der Waals surface area (Å²) in [5.41, 5.74) is 2.26. The van der Waals surface area contributed by atoms with E-state index in [2.05, 4.69) is 10.4 Å². The highest BCUT2D eigenvalue weighted by molar-refractivity contribution is 6.30. The number of aromatic nitrogens is 2. The van der Waals surface area contributed by atoms with Gasteiger partial charge >= 0.3 is 0 Å². The van der Waals surface area contributed by atoms with Crippen molar-refractivity contribution in [1.29, 1.82) is 0 Å². The van der Waals surface area contributed by atoms with Gasteiger partial charge in [0.25, 0.3) is 5.56 Å². The molecule has 0 saturated heterocycles. The highest BCUT2D eigenvalue weighted by Gasteiger charge is 2.08. The Labute approximate surface area is 156 Å². The van der Waals surface area contributed by atoms with Crippen LogP contribution in [-0.2, 0) is 17.8 Å². The molecule has 0 aliphatic rings. The molecule has 3 rings (SSSR count). The van der Waals surface area contributed by atoms with Gasteiger partial charge in [0.15, 0.2) is 0 Å². The van der Waals surface area contributed by atoms with Crippen LogP contribution in [0.4, 0.5) is 0 Å². The molecule has 132 valence electrons. The molecule has 0 fully saturated rings. The molecule has 1 aromatic heterocycles. The fourth-order valence-corrected chi connectivity index (χ4v) is 2.65. The van der Waals surface area contributed by atoms with Gasteiger partial charge in [-0.25, -0.2) is 4.68 Å². The van der Waals surface area contributed by atoms with E-state index in [-0.39, 0.29) is 18.0 Å². The van der Waals surface area contributed by atoms with Crippen LogP contribution >= 0.6 is 11.6 Å². The van der Waals surface area contributed by atoms with E-state index in [0.717, 1.165) is 17.5 Å². The van der Waals surface area contributed by atoms with Gasteiger partial charge in [-0.05, 0) is 30.2 Å². The molecule has 1 N–H and O–H groups in total. The standard InChI is InChI=1S/C20H18ClN3O2/c21-17-8-6-16(7-9-17)18-10-11-20(26)24(23-18)14-19(25)22-13-12-15-4-2-1-3-5-15/h1-11H,12-14H2,(H,22,25). The Balaban J connectivity index is 1.63. The van der Waals surface area contributed by atoms with Gasteiger partial charge in [-0.2, -0.15) is 5.10 Å². The van der Waals surface area contributed by atoms with Gasteiger partial charge in [0.05, 0.1) is 5.69 Å². The van der Waals surface area contributed by atoms with E-state index < -0.39 is 0 Å². The van der Waals surface area contributed by atoms with E-state index in [1.807, 2.05) is 42.5 Å². The third-order valence-electron chi connectivity index (χ3n) is 3.88. The molecule has 0 radical (unpaired) electrons. The zero-order valence-corrected chi connectivity index (χ0v) is 14.8. The first-order chi connectivity index (χ1) is 12.6. The summed E-state index contributed by atoms with van der Waals surface area (Å²) in [6.07, 6.45) is 0.736. The van der Waals surface area contributed by atoms with E-state index in [9.17, 15) is 9.59 Å². The molecule has 0 aliphatic heterocycles. The van der Waals surface area contributed by atoms with Crippen molar-refractivity contribution >= 4 is 17.5 Å². The molecular weight excluding hydrogens is 350 g/mol. The maximum Gasteiger partial charge on any atom is 0.267 e. The van der Waals surface area contributed by atoms with Gasteiger partial charge in [-0.3, -0.25) is 9.59 Å². The van der Waals surface area contributed by atoms with Crippen LogP contribution in [0.5, 0.6) is 0 Å². The summed E-state index contributed by atoms with van der Waals surface area (Å²) in [6, 6.07) is 20.1. The third-order valence-corrected chi connectivity index (χ3v) is 4.13. The van der Waals surface area contributed by atoms with E-state index >= 15 is 0 Å². The van der Waals surface area contributed by atoms with Crippen LogP contribution in [-0.4, -0.2) is 22.2 Å². The smallest absolute Gasteiger partial charge is 0.267 e. The van der Waals surface area contributed by atoms with Gasteiger partial charge < -0.3 is 5.32 Å². The van der Waals surface area contributed by atoms with Crippen molar-refractivity contribution in [3.05, 3.63) is 87.7 Å². The average molecular weight is 368 g/mol. The molecule has 1 amide bonds. The topological polar surface area (TPSA) is 64.0 Å². The van der Waals surface area contributed by atoms with Gasteiger partial charge in [0, 0.05) is 23.2 Å². The predicted octanol–water partition coefficient (Wildman–Crippen LogP) is 2.92. The summed E-state index contributed by atoms with van der Waals surface area (Å²) in [5.74, 6) is -0.246. The second-order valence-corrected chi connectivity index (χ2v) is 6.24. The molecule has 0 spiro atoms. The van der Waals surface area contributed by atoms with Gasteiger partial charge in [0.1, 0.15) is 6.54 Å². The van der Waals surface area contributed by atoms with Crippen molar-refractivity contribution in [2.75, 3.05) is 6.54 Å². The third kappa shape index (κ3) is 4.80. The first-order valence-corrected chi connectivity index (χ1v) is 8.64. The van der Waals surface area contributed by atoms with Crippen molar-refractivity contribution in [2.24, 2.45) is 0 Å². The summed E-state index contributed by atoms with van der Waals surface area (Å²) in [4.78, 5) is 24.1. The Morgan fingerprint density at radius 3 is 2.46 bits per heavy atom. The molecule has 26 heavy (non-hydrogen) atoms. The monoisotopic (exact) mass is 367 g/mol. The van der Waals surface area contributed by atoms with Crippen LogP contribution in [0.2, 0.25) is 5.02 Å². The molecule has 0 saturated carbocycles. The number of hydrogen-bond acceptors (Lipinski definition) is 3. The highest BCUT2D eigenvalue weighted by atomic mass is 35.5. The largest absolute Gasteiger partial charge is 0.354 e. The number of nitrogens with zero attached hydrogens (tertiary/aromatic N) is 2. The number of nitrogens with one attached hydrogen (secondary N) is 1. The van der Waals surface area contributed by atoms with Crippen molar-refractivity contribution < 1.29 is 4.79 Å². The average Bonchev–Trinajstić information content (AvgIpc) is 2.65. The SMILES string of the molecule is O=C(Cn1nc(-c2ccc(Cl)cc2)ccc1=O)NCCc1ccccc1. The molecule has 0 atom stereocenters. The molecule has 3 aromatic rings. The van der Waals surface area contributed by atoms with Crippen molar-refractivity contribution in [3.8, 4) is 11.3 Å². The second-order valence-electron chi connectivity index (χ2n) is 5.81. The Kier molecular flexibility index (Phi) is 5.81. The van der Waals surface area contributed by atoms with E-state index in [0.29, 0.717) is 17.3 Å². The molecule has 6 heteroatoms. The van der Waals surface area contributed by atoms with Crippen molar-refractivity contribution in [1.82, 2.24) is 15.1 Å². The fraction of sp³-hybridized carbons (Fsp3) is 0.150. The summed E-state index contributed by atoms with van der Waals surface area (Å²) >= 11 is 5.89. The van der Waals surface area contributed by atoms with Crippen molar-refractivity contribution in [3.63, 3.8) is 0 Å². The Morgan fingerprint density at radius 1 is 1.00 bits per heavy atom. The summed E-state index contributed by atoms with van der Waals surface area (Å²) in [6.45, 7) is 0.392. The lowest BCUT2D eigenvalue weighted by Crippen LogP contribution is -2.34. The predicted molar refractivity (Wildman–Crippen MR) is 102 cm³/mol. The van der Waals surface area contributed by atoms with Crippen LogP contribution in [0, 0.1) is 0 Å². The van der Waals surface area contributed by atoms with Gasteiger partial charge in [-0.1, -0.05) is 54.1 Å². The lowest BCUT2D eigenvalue weighted by Gasteiger charge is -2.08. The quantitative estimate of drug-likeness (QED) is 0.728. The number of halogens is 1. The van der Waals surface area contributed by atoms with Crippen molar-refractivity contribution in [2.45, 2.75) is 13.0 Å². The molecule has 0 unspecified atom stereocenters.